The van der Waals surface area contributed by atoms with Gasteiger partial charge >= 0.3 is 0 Å². The van der Waals surface area contributed by atoms with Gasteiger partial charge in [0.25, 0.3) is 0 Å². The van der Waals surface area contributed by atoms with Crippen LogP contribution in [-0.2, 0) is 6.42 Å². The molecular weight excluding hydrogens is 396 g/mol. The molecule has 0 saturated carbocycles. The summed E-state index contributed by atoms with van der Waals surface area (Å²) in [5.41, 5.74) is 1.29. The minimum Gasteiger partial charge on any atom is -0.543 e. The Morgan fingerprint density at radius 1 is 1.20 bits per heavy atom. The molecule has 1 aromatic carbocycles. The summed E-state index contributed by atoms with van der Waals surface area (Å²) in [5, 5.41) is 0.221. The number of halogens is 2. The van der Waals surface area contributed by atoms with Crippen LogP contribution in [0.1, 0.15) is 32.8 Å². The van der Waals surface area contributed by atoms with Gasteiger partial charge in [-0.3, -0.25) is 0 Å². The molecule has 112 valence electrons. The number of para-hydroxylation sites is 1. The van der Waals surface area contributed by atoms with Crippen molar-refractivity contribution in [1.29, 1.82) is 0 Å². The van der Waals surface area contributed by atoms with Gasteiger partial charge in [-0.25, -0.2) is 0 Å². The van der Waals surface area contributed by atoms with Gasteiger partial charge < -0.3 is 4.43 Å². The molecule has 0 aliphatic rings. The summed E-state index contributed by atoms with van der Waals surface area (Å²) in [4.78, 5) is 0. The summed E-state index contributed by atoms with van der Waals surface area (Å²) >= 11 is 6.79. The molecule has 1 nitrogen and oxygen atoms in total. The van der Waals surface area contributed by atoms with E-state index in [1.807, 2.05) is 0 Å². The van der Waals surface area contributed by atoms with Crippen molar-refractivity contribution in [1.82, 2.24) is 0 Å². The molecule has 0 aromatic heterocycles. The van der Waals surface area contributed by atoms with Crippen LogP contribution in [0.25, 0.3) is 0 Å². The lowest BCUT2D eigenvalue weighted by Crippen LogP contribution is -2.44. The van der Waals surface area contributed by atoms with Gasteiger partial charge in [-0.15, -0.1) is 0 Å². The van der Waals surface area contributed by atoms with Gasteiger partial charge in [-0.2, -0.15) is 0 Å². The summed E-state index contributed by atoms with van der Waals surface area (Å²) in [6, 6.07) is 8.41. The molecule has 0 saturated heterocycles. The third kappa shape index (κ3) is 5.38. The van der Waals surface area contributed by atoms with Crippen LogP contribution in [0.4, 0.5) is 0 Å². The smallest absolute Gasteiger partial charge is 0.250 e. The molecule has 0 aliphatic carbocycles. The second-order valence-electron chi connectivity index (χ2n) is 6.50. The van der Waals surface area contributed by atoms with Crippen LogP contribution in [0.15, 0.2) is 33.7 Å². The lowest BCUT2D eigenvalue weighted by Gasteiger charge is -2.37. The lowest BCUT2D eigenvalue weighted by atomic mass is 10.1. The zero-order valence-corrected chi connectivity index (χ0v) is 17.1. The highest BCUT2D eigenvalue weighted by molar-refractivity contribution is 9.28. The number of hydrogen-bond donors (Lipinski definition) is 0. The molecule has 0 fully saturated rings. The highest BCUT2D eigenvalue weighted by Crippen LogP contribution is 2.38. The van der Waals surface area contributed by atoms with Crippen LogP contribution < -0.4 is 4.43 Å². The molecule has 1 aromatic rings. The van der Waals surface area contributed by atoms with Gasteiger partial charge in [0.15, 0.2) is 0 Å². The fourth-order valence-electron chi connectivity index (χ4n) is 1.57. The first-order valence-electron chi connectivity index (χ1n) is 6.91. The second kappa shape index (κ2) is 7.28. The van der Waals surface area contributed by atoms with Crippen molar-refractivity contribution in [3.05, 3.63) is 39.3 Å². The predicted octanol–water partition coefficient (Wildman–Crippen LogP) is 6.63. The molecule has 0 N–H and O–H groups in total. The fraction of sp³-hybridized carbons (Fsp3) is 0.500. The van der Waals surface area contributed by atoms with E-state index in [4.69, 9.17) is 4.43 Å². The van der Waals surface area contributed by atoms with Gasteiger partial charge in [0.05, 0.1) is 3.39 Å². The maximum atomic E-state index is 6.45. The minimum absolute atomic E-state index is 0.221. The van der Waals surface area contributed by atoms with Crippen molar-refractivity contribution in [2.75, 3.05) is 0 Å². The number of aryl methyl sites for hydroxylation is 1. The quantitative estimate of drug-likeness (QED) is 0.486. The Kier molecular flexibility index (Phi) is 6.54. The Morgan fingerprint density at radius 3 is 2.35 bits per heavy atom. The molecule has 0 aliphatic heterocycles. The van der Waals surface area contributed by atoms with E-state index < -0.39 is 8.32 Å². The Hall–Kier alpha value is -0.0631. The molecular formula is C16H24Br2OSi. The normalized spacial score (nSPS) is 12.2. The van der Waals surface area contributed by atoms with E-state index in [2.05, 4.69) is 96.1 Å². The van der Waals surface area contributed by atoms with Crippen molar-refractivity contribution >= 4 is 40.2 Å². The molecule has 0 spiro atoms. The standard InChI is InChI=1S/C16H24Br2OSi/c1-16(2,3)20(4,5)19-14-11-7-6-9-13(14)10-8-12-15(17)18/h6-7,9,11-12H,8,10H2,1-5H3. The van der Waals surface area contributed by atoms with E-state index >= 15 is 0 Å². The van der Waals surface area contributed by atoms with Crippen LogP contribution >= 0.6 is 31.9 Å². The summed E-state index contributed by atoms with van der Waals surface area (Å²) in [7, 11) is -1.77. The second-order valence-corrected chi connectivity index (χ2v) is 14.0. The van der Waals surface area contributed by atoms with Crippen molar-refractivity contribution in [3.63, 3.8) is 0 Å². The number of benzene rings is 1. The van der Waals surface area contributed by atoms with E-state index in [1.165, 1.54) is 5.56 Å². The van der Waals surface area contributed by atoms with E-state index in [1.54, 1.807) is 0 Å². The molecule has 0 bridgehead atoms. The topological polar surface area (TPSA) is 9.23 Å². The molecule has 1 rings (SSSR count). The largest absolute Gasteiger partial charge is 0.543 e. The molecule has 20 heavy (non-hydrogen) atoms. The first-order valence-corrected chi connectivity index (χ1v) is 11.4. The Bertz CT molecular complexity index is 472. The highest BCUT2D eigenvalue weighted by Gasteiger charge is 2.39. The molecule has 0 heterocycles. The van der Waals surface area contributed by atoms with Crippen molar-refractivity contribution in [3.8, 4) is 5.75 Å². The van der Waals surface area contributed by atoms with Crippen molar-refractivity contribution < 1.29 is 4.43 Å². The molecule has 0 atom stereocenters. The molecule has 0 unspecified atom stereocenters. The summed E-state index contributed by atoms with van der Waals surface area (Å²) in [6.45, 7) is 11.4. The maximum Gasteiger partial charge on any atom is 0.250 e. The molecule has 0 radical (unpaired) electrons. The Morgan fingerprint density at radius 2 is 1.80 bits per heavy atom. The highest BCUT2D eigenvalue weighted by atomic mass is 79.9. The van der Waals surface area contributed by atoms with Crippen LogP contribution in [0, 0.1) is 0 Å². The SMILES string of the molecule is CC(C)(C)[Si](C)(C)Oc1ccccc1CCC=C(Br)Br. The minimum atomic E-state index is -1.77. The Labute approximate surface area is 141 Å². The lowest BCUT2D eigenvalue weighted by molar-refractivity contribution is 0.487. The van der Waals surface area contributed by atoms with Crippen LogP contribution in [0.2, 0.25) is 18.1 Å². The third-order valence-electron chi connectivity index (χ3n) is 3.86. The Balaban J connectivity index is 2.88. The average molecular weight is 420 g/mol. The zero-order valence-electron chi connectivity index (χ0n) is 13.0. The van der Waals surface area contributed by atoms with Gasteiger partial charge in [0.1, 0.15) is 5.75 Å². The number of hydrogen-bond acceptors (Lipinski definition) is 1. The fourth-order valence-corrected chi connectivity index (χ4v) is 3.09. The van der Waals surface area contributed by atoms with Crippen molar-refractivity contribution in [2.45, 2.75) is 51.7 Å². The summed E-state index contributed by atoms with van der Waals surface area (Å²) in [5.74, 6) is 1.05. The van der Waals surface area contributed by atoms with Crippen molar-refractivity contribution in [2.24, 2.45) is 0 Å². The molecule has 0 amide bonds. The maximum absolute atomic E-state index is 6.45. The third-order valence-corrected chi connectivity index (χ3v) is 8.85. The average Bonchev–Trinajstić information content (AvgIpc) is 2.29. The van der Waals surface area contributed by atoms with Gasteiger partial charge in [0.2, 0.25) is 8.32 Å². The van der Waals surface area contributed by atoms with Gasteiger partial charge in [-0.05, 0) is 74.5 Å². The predicted molar refractivity (Wildman–Crippen MR) is 98.5 cm³/mol. The van der Waals surface area contributed by atoms with E-state index in [9.17, 15) is 0 Å². The first-order chi connectivity index (χ1) is 9.13. The van der Waals surface area contributed by atoms with Crippen LogP contribution in [-0.4, -0.2) is 8.32 Å². The van der Waals surface area contributed by atoms with Crippen LogP contribution in [0.3, 0.4) is 0 Å². The first kappa shape index (κ1) is 18.0. The number of rotatable bonds is 5. The molecule has 4 heteroatoms. The van der Waals surface area contributed by atoms with E-state index in [0.29, 0.717) is 0 Å². The van der Waals surface area contributed by atoms with Gasteiger partial charge in [-0.1, -0.05) is 45.0 Å². The summed E-state index contributed by atoms with van der Waals surface area (Å²) in [6.07, 6.45) is 4.11. The summed E-state index contributed by atoms with van der Waals surface area (Å²) < 4.78 is 7.46. The monoisotopic (exact) mass is 418 g/mol. The van der Waals surface area contributed by atoms with E-state index in [0.717, 1.165) is 22.0 Å². The zero-order chi connectivity index (χ0) is 15.4. The van der Waals surface area contributed by atoms with Gasteiger partial charge in [0, 0.05) is 0 Å². The number of allylic oxidation sites excluding steroid dienone is 1. The van der Waals surface area contributed by atoms with E-state index in [-0.39, 0.29) is 5.04 Å². The van der Waals surface area contributed by atoms with Crippen LogP contribution in [0.5, 0.6) is 5.75 Å².